The fourth-order valence-corrected chi connectivity index (χ4v) is 3.37. The molecule has 0 radical (unpaired) electrons. The first-order chi connectivity index (χ1) is 13.3. The maximum absolute atomic E-state index is 13.2. The van der Waals surface area contributed by atoms with Crippen LogP contribution in [0.4, 0.5) is 0 Å². The summed E-state index contributed by atoms with van der Waals surface area (Å²) in [5.74, 6) is 0.556. The minimum Gasteiger partial charge on any atom is -0.380 e. The van der Waals surface area contributed by atoms with Gasteiger partial charge in [-0.25, -0.2) is 9.48 Å². The van der Waals surface area contributed by atoms with Crippen molar-refractivity contribution in [3.8, 4) is 5.95 Å². The highest BCUT2D eigenvalue weighted by molar-refractivity contribution is 5.72. The van der Waals surface area contributed by atoms with Crippen LogP contribution in [-0.2, 0) is 24.9 Å². The predicted octanol–water partition coefficient (Wildman–Crippen LogP) is 1.45. The van der Waals surface area contributed by atoms with E-state index in [-0.39, 0.29) is 12.1 Å². The molecule has 0 atom stereocenters. The van der Waals surface area contributed by atoms with Gasteiger partial charge in [-0.05, 0) is 39.7 Å². The van der Waals surface area contributed by atoms with Crippen molar-refractivity contribution in [2.24, 2.45) is 7.05 Å². The molecule has 0 amide bonds. The van der Waals surface area contributed by atoms with Gasteiger partial charge < -0.3 is 9.30 Å². The Hall–Kier alpha value is -2.68. The van der Waals surface area contributed by atoms with E-state index in [1.54, 1.807) is 11.7 Å². The second-order valence-electron chi connectivity index (χ2n) is 6.94. The minimum absolute atomic E-state index is 0.209. The summed E-state index contributed by atoms with van der Waals surface area (Å²) in [6.07, 6.45) is 0.817. The van der Waals surface area contributed by atoms with Crippen molar-refractivity contribution in [3.63, 3.8) is 0 Å². The van der Waals surface area contributed by atoms with E-state index in [1.165, 1.54) is 9.13 Å². The molecule has 0 aliphatic rings. The normalized spacial score (nSPS) is 11.6. The molecule has 9 heteroatoms. The van der Waals surface area contributed by atoms with Crippen molar-refractivity contribution in [3.05, 3.63) is 37.8 Å². The standard InChI is InChI=1S/C19H28N6O3/c1-7-9-23-15-16(20-18(23)25-14(5)12(3)13(4)21-25)22(6)19(27)24(17(15)26)10-11-28-8-2/h7-11H2,1-6H3. The van der Waals surface area contributed by atoms with Crippen LogP contribution in [0.25, 0.3) is 17.1 Å². The zero-order valence-corrected chi connectivity index (χ0v) is 17.4. The van der Waals surface area contributed by atoms with Gasteiger partial charge >= 0.3 is 5.69 Å². The Kier molecular flexibility index (Phi) is 5.55. The maximum Gasteiger partial charge on any atom is 0.332 e. The molecule has 3 aromatic heterocycles. The van der Waals surface area contributed by atoms with Crippen LogP contribution in [-0.4, -0.2) is 41.7 Å². The van der Waals surface area contributed by atoms with Crippen molar-refractivity contribution < 1.29 is 4.74 Å². The lowest BCUT2D eigenvalue weighted by Crippen LogP contribution is -2.40. The first kappa shape index (κ1) is 20.1. The molecule has 0 fully saturated rings. The molecule has 0 saturated heterocycles. The third-order valence-electron chi connectivity index (χ3n) is 5.17. The van der Waals surface area contributed by atoms with Gasteiger partial charge in [0.05, 0.1) is 18.8 Å². The number of imidazole rings is 1. The van der Waals surface area contributed by atoms with Crippen LogP contribution in [0.5, 0.6) is 0 Å². The number of aryl methyl sites for hydroxylation is 3. The number of nitrogens with zero attached hydrogens (tertiary/aromatic N) is 6. The van der Waals surface area contributed by atoms with E-state index in [2.05, 4.69) is 10.1 Å². The highest BCUT2D eigenvalue weighted by Crippen LogP contribution is 2.20. The molecule has 0 unspecified atom stereocenters. The summed E-state index contributed by atoms with van der Waals surface area (Å²) >= 11 is 0. The average Bonchev–Trinajstić information content (AvgIpc) is 3.16. The first-order valence-corrected chi connectivity index (χ1v) is 9.64. The van der Waals surface area contributed by atoms with Crippen molar-refractivity contribution in [1.82, 2.24) is 28.5 Å². The molecule has 28 heavy (non-hydrogen) atoms. The third kappa shape index (κ3) is 3.09. The van der Waals surface area contributed by atoms with Gasteiger partial charge in [-0.2, -0.15) is 10.1 Å². The number of hydrogen-bond acceptors (Lipinski definition) is 5. The van der Waals surface area contributed by atoms with E-state index in [1.807, 2.05) is 39.2 Å². The van der Waals surface area contributed by atoms with Gasteiger partial charge in [-0.3, -0.25) is 13.9 Å². The van der Waals surface area contributed by atoms with Gasteiger partial charge in [0.25, 0.3) is 5.56 Å². The van der Waals surface area contributed by atoms with Crippen molar-refractivity contribution in [1.29, 1.82) is 0 Å². The van der Waals surface area contributed by atoms with Gasteiger partial charge in [0, 0.05) is 25.9 Å². The third-order valence-corrected chi connectivity index (χ3v) is 5.17. The smallest absolute Gasteiger partial charge is 0.332 e. The molecule has 0 aromatic carbocycles. The number of fused-ring (bicyclic) bond motifs is 1. The van der Waals surface area contributed by atoms with Crippen LogP contribution in [0.15, 0.2) is 9.59 Å². The van der Waals surface area contributed by atoms with Crippen molar-refractivity contribution in [2.75, 3.05) is 13.2 Å². The number of ether oxygens (including phenoxy) is 1. The van der Waals surface area contributed by atoms with E-state index in [0.29, 0.717) is 36.9 Å². The molecule has 3 aromatic rings. The van der Waals surface area contributed by atoms with Gasteiger partial charge in [0.1, 0.15) is 0 Å². The Bertz CT molecular complexity index is 1130. The van der Waals surface area contributed by atoms with E-state index in [9.17, 15) is 9.59 Å². The van der Waals surface area contributed by atoms with Crippen LogP contribution >= 0.6 is 0 Å². The fraction of sp³-hybridized carbons (Fsp3) is 0.579. The second kappa shape index (κ2) is 7.75. The monoisotopic (exact) mass is 388 g/mol. The molecule has 3 heterocycles. The summed E-state index contributed by atoms with van der Waals surface area (Å²) in [6, 6.07) is 0. The molecule has 0 saturated carbocycles. The Labute approximate surface area is 163 Å². The minimum atomic E-state index is -0.394. The van der Waals surface area contributed by atoms with Crippen LogP contribution in [0.2, 0.25) is 0 Å². The van der Waals surface area contributed by atoms with Gasteiger partial charge in [-0.15, -0.1) is 0 Å². The molecule has 152 valence electrons. The van der Waals surface area contributed by atoms with Gasteiger partial charge in [-0.1, -0.05) is 6.92 Å². The van der Waals surface area contributed by atoms with E-state index >= 15 is 0 Å². The molecule has 3 rings (SSSR count). The molecule has 0 aliphatic carbocycles. The summed E-state index contributed by atoms with van der Waals surface area (Å²) < 4.78 is 11.6. The Balaban J connectivity index is 2.33. The van der Waals surface area contributed by atoms with E-state index < -0.39 is 5.69 Å². The Morgan fingerprint density at radius 3 is 2.32 bits per heavy atom. The summed E-state index contributed by atoms with van der Waals surface area (Å²) in [7, 11) is 1.64. The molecule has 0 aliphatic heterocycles. The Morgan fingerprint density at radius 2 is 1.75 bits per heavy atom. The SMILES string of the molecule is CCCn1c(-n2nc(C)c(C)c2C)nc2c1c(=O)n(CCOCC)c(=O)n2C. The summed E-state index contributed by atoms with van der Waals surface area (Å²) in [5, 5.41) is 4.60. The summed E-state index contributed by atoms with van der Waals surface area (Å²) in [4.78, 5) is 30.6. The molecule has 0 N–H and O–H groups in total. The quantitative estimate of drug-likeness (QED) is 0.572. The lowest BCUT2D eigenvalue weighted by atomic mass is 10.2. The molecular formula is C19H28N6O3. The van der Waals surface area contributed by atoms with Gasteiger partial charge in [0.15, 0.2) is 11.2 Å². The fourth-order valence-electron chi connectivity index (χ4n) is 3.37. The van der Waals surface area contributed by atoms with Crippen LogP contribution < -0.4 is 11.2 Å². The van der Waals surface area contributed by atoms with Gasteiger partial charge in [0.2, 0.25) is 5.95 Å². The van der Waals surface area contributed by atoms with E-state index in [4.69, 9.17) is 4.74 Å². The topological polar surface area (TPSA) is 88.9 Å². The maximum atomic E-state index is 13.2. The molecular weight excluding hydrogens is 360 g/mol. The molecule has 0 spiro atoms. The van der Waals surface area contributed by atoms with Crippen molar-refractivity contribution >= 4 is 11.2 Å². The van der Waals surface area contributed by atoms with Crippen LogP contribution in [0.1, 0.15) is 37.2 Å². The van der Waals surface area contributed by atoms with Crippen molar-refractivity contribution in [2.45, 2.75) is 54.1 Å². The first-order valence-electron chi connectivity index (χ1n) is 9.64. The zero-order chi connectivity index (χ0) is 20.6. The second-order valence-corrected chi connectivity index (χ2v) is 6.94. The largest absolute Gasteiger partial charge is 0.380 e. The lowest BCUT2D eigenvalue weighted by molar-refractivity contribution is 0.137. The van der Waals surface area contributed by atoms with Crippen LogP contribution in [0.3, 0.4) is 0 Å². The number of rotatable bonds is 7. The average molecular weight is 388 g/mol. The molecule has 9 nitrogen and oxygen atoms in total. The highest BCUT2D eigenvalue weighted by Gasteiger charge is 2.22. The number of aromatic nitrogens is 6. The highest BCUT2D eigenvalue weighted by atomic mass is 16.5. The van der Waals surface area contributed by atoms with E-state index in [0.717, 1.165) is 23.4 Å². The van der Waals surface area contributed by atoms with Crippen LogP contribution in [0, 0.1) is 20.8 Å². The predicted molar refractivity (Wildman–Crippen MR) is 107 cm³/mol. The Morgan fingerprint density at radius 1 is 1.04 bits per heavy atom. The number of hydrogen-bond donors (Lipinski definition) is 0. The summed E-state index contributed by atoms with van der Waals surface area (Å²) in [5.41, 5.74) is 3.01. The lowest BCUT2D eigenvalue weighted by Gasteiger charge is -2.10. The molecule has 0 bridgehead atoms. The summed E-state index contributed by atoms with van der Waals surface area (Å²) in [6.45, 7) is 11.5. The zero-order valence-electron chi connectivity index (χ0n) is 17.4.